The van der Waals surface area contributed by atoms with Gasteiger partial charge in [-0.15, -0.1) is 0 Å². The topological polar surface area (TPSA) is 59.9 Å². The Hall–Kier alpha value is -2.82. The first-order valence-electron chi connectivity index (χ1n) is 7.24. The molecule has 0 saturated heterocycles. The van der Waals surface area contributed by atoms with E-state index in [-0.39, 0.29) is 12.5 Å². The van der Waals surface area contributed by atoms with Crippen LogP contribution in [0.5, 0.6) is 11.5 Å². The normalized spacial score (nSPS) is 10.6. The van der Waals surface area contributed by atoms with E-state index in [0.29, 0.717) is 5.75 Å². The van der Waals surface area contributed by atoms with Crippen molar-refractivity contribution in [1.82, 2.24) is 5.43 Å². The summed E-state index contributed by atoms with van der Waals surface area (Å²) in [6, 6.07) is 13.2. The molecule has 2 aromatic rings. The van der Waals surface area contributed by atoms with Crippen LogP contribution in [0.4, 0.5) is 0 Å². The van der Waals surface area contributed by atoms with E-state index < -0.39 is 0 Å². The van der Waals surface area contributed by atoms with Crippen LogP contribution in [-0.2, 0) is 4.79 Å². The minimum Gasteiger partial charge on any atom is -0.497 e. The summed E-state index contributed by atoms with van der Waals surface area (Å²) in [6.07, 6.45) is 1.55. The van der Waals surface area contributed by atoms with Crippen molar-refractivity contribution in [2.45, 2.75) is 13.8 Å². The zero-order valence-corrected chi connectivity index (χ0v) is 13.5. The van der Waals surface area contributed by atoms with Gasteiger partial charge in [-0.05, 0) is 48.7 Å². The zero-order chi connectivity index (χ0) is 16.7. The van der Waals surface area contributed by atoms with Crippen LogP contribution in [0.2, 0.25) is 0 Å². The summed E-state index contributed by atoms with van der Waals surface area (Å²) in [4.78, 5) is 11.8. The highest BCUT2D eigenvalue weighted by atomic mass is 16.5. The van der Waals surface area contributed by atoms with Crippen LogP contribution in [-0.4, -0.2) is 25.8 Å². The number of carbonyl (C=O) groups is 1. The number of aryl methyl sites for hydroxylation is 2. The Bertz CT molecular complexity index is 711. The molecular weight excluding hydrogens is 292 g/mol. The molecule has 0 aliphatic heterocycles. The first kappa shape index (κ1) is 16.5. The van der Waals surface area contributed by atoms with Crippen molar-refractivity contribution in [3.8, 4) is 11.5 Å². The molecule has 120 valence electrons. The third kappa shape index (κ3) is 5.14. The molecule has 0 aliphatic rings. The van der Waals surface area contributed by atoms with Crippen molar-refractivity contribution in [3.63, 3.8) is 0 Å². The third-order valence-electron chi connectivity index (χ3n) is 3.20. The average molecular weight is 312 g/mol. The Morgan fingerprint density at radius 1 is 1.22 bits per heavy atom. The summed E-state index contributed by atoms with van der Waals surface area (Å²) >= 11 is 0. The Labute approximate surface area is 135 Å². The van der Waals surface area contributed by atoms with Gasteiger partial charge in [0.15, 0.2) is 6.61 Å². The number of benzene rings is 2. The van der Waals surface area contributed by atoms with Gasteiger partial charge >= 0.3 is 0 Å². The van der Waals surface area contributed by atoms with Crippen molar-refractivity contribution in [1.29, 1.82) is 0 Å². The van der Waals surface area contributed by atoms with Crippen molar-refractivity contribution in [3.05, 3.63) is 59.2 Å². The minimum absolute atomic E-state index is 0.0836. The van der Waals surface area contributed by atoms with Crippen LogP contribution in [0, 0.1) is 13.8 Å². The molecule has 0 radical (unpaired) electrons. The maximum absolute atomic E-state index is 11.8. The lowest BCUT2D eigenvalue weighted by Gasteiger charge is -2.08. The van der Waals surface area contributed by atoms with Crippen molar-refractivity contribution >= 4 is 12.1 Å². The zero-order valence-electron chi connectivity index (χ0n) is 13.5. The SMILES string of the molecule is COc1cccc(/C=N\NC(=O)COc2cc(C)ccc2C)c1. The number of hydrogen-bond acceptors (Lipinski definition) is 4. The van der Waals surface area contributed by atoms with E-state index in [1.807, 2.05) is 56.3 Å². The lowest BCUT2D eigenvalue weighted by molar-refractivity contribution is -0.123. The van der Waals surface area contributed by atoms with Gasteiger partial charge in [-0.1, -0.05) is 24.3 Å². The second-order valence-corrected chi connectivity index (χ2v) is 5.13. The molecule has 5 nitrogen and oxygen atoms in total. The van der Waals surface area contributed by atoms with Crippen LogP contribution in [0.3, 0.4) is 0 Å². The number of amides is 1. The van der Waals surface area contributed by atoms with E-state index in [9.17, 15) is 4.79 Å². The molecule has 0 bridgehead atoms. The number of hydrazone groups is 1. The molecule has 2 aromatic carbocycles. The second-order valence-electron chi connectivity index (χ2n) is 5.13. The van der Waals surface area contributed by atoms with E-state index in [0.717, 1.165) is 22.4 Å². The van der Waals surface area contributed by atoms with Gasteiger partial charge < -0.3 is 9.47 Å². The molecule has 23 heavy (non-hydrogen) atoms. The van der Waals surface area contributed by atoms with Crippen LogP contribution in [0.1, 0.15) is 16.7 Å². The van der Waals surface area contributed by atoms with Gasteiger partial charge in [0.2, 0.25) is 0 Å². The fourth-order valence-corrected chi connectivity index (χ4v) is 1.94. The van der Waals surface area contributed by atoms with E-state index in [4.69, 9.17) is 9.47 Å². The highest BCUT2D eigenvalue weighted by molar-refractivity contribution is 5.83. The molecule has 0 fully saturated rings. The smallest absolute Gasteiger partial charge is 0.277 e. The summed E-state index contributed by atoms with van der Waals surface area (Å²) in [5, 5.41) is 3.91. The number of nitrogens with zero attached hydrogens (tertiary/aromatic N) is 1. The summed E-state index contributed by atoms with van der Waals surface area (Å²) in [5.74, 6) is 1.13. The van der Waals surface area contributed by atoms with Crippen molar-refractivity contribution < 1.29 is 14.3 Å². The lowest BCUT2D eigenvalue weighted by atomic mass is 10.1. The molecule has 1 N–H and O–H groups in total. The first-order chi connectivity index (χ1) is 11.1. The molecule has 1 amide bonds. The van der Waals surface area contributed by atoms with Gasteiger partial charge in [-0.25, -0.2) is 5.43 Å². The molecule has 0 saturated carbocycles. The van der Waals surface area contributed by atoms with Crippen molar-refractivity contribution in [2.75, 3.05) is 13.7 Å². The van der Waals surface area contributed by atoms with E-state index >= 15 is 0 Å². The van der Waals surface area contributed by atoms with Crippen LogP contribution in [0.25, 0.3) is 0 Å². The van der Waals surface area contributed by atoms with Gasteiger partial charge in [0.05, 0.1) is 13.3 Å². The predicted molar refractivity (Wildman–Crippen MR) is 90.1 cm³/mol. The van der Waals surface area contributed by atoms with Crippen LogP contribution >= 0.6 is 0 Å². The molecule has 2 rings (SSSR count). The molecule has 5 heteroatoms. The fraction of sp³-hybridized carbons (Fsp3) is 0.222. The third-order valence-corrected chi connectivity index (χ3v) is 3.20. The van der Waals surface area contributed by atoms with Gasteiger partial charge in [0.25, 0.3) is 5.91 Å². The Morgan fingerprint density at radius 2 is 2.04 bits per heavy atom. The minimum atomic E-state index is -0.315. The summed E-state index contributed by atoms with van der Waals surface area (Å²) < 4.78 is 10.6. The monoisotopic (exact) mass is 312 g/mol. The standard InChI is InChI=1S/C18H20N2O3/c1-13-7-8-14(2)17(9-13)23-12-18(21)20-19-11-15-5-4-6-16(10-15)22-3/h4-11H,12H2,1-3H3,(H,20,21)/b19-11-. The van der Waals surface area contributed by atoms with E-state index in [1.165, 1.54) is 0 Å². The Balaban J connectivity index is 1.85. The summed E-state index contributed by atoms with van der Waals surface area (Å²) in [5.41, 5.74) is 5.35. The van der Waals surface area contributed by atoms with Crippen LogP contribution < -0.4 is 14.9 Å². The number of hydrogen-bond donors (Lipinski definition) is 1. The first-order valence-corrected chi connectivity index (χ1v) is 7.24. The predicted octanol–water partition coefficient (Wildman–Crippen LogP) is 2.84. The van der Waals surface area contributed by atoms with Gasteiger partial charge in [0.1, 0.15) is 11.5 Å². The van der Waals surface area contributed by atoms with Gasteiger partial charge in [-0.3, -0.25) is 4.79 Å². The van der Waals surface area contributed by atoms with Gasteiger partial charge in [-0.2, -0.15) is 5.10 Å². The molecule has 0 heterocycles. The summed E-state index contributed by atoms with van der Waals surface area (Å²) in [7, 11) is 1.60. The number of nitrogens with one attached hydrogen (secondary N) is 1. The number of methoxy groups -OCH3 is 1. The highest BCUT2D eigenvalue weighted by Crippen LogP contribution is 2.18. The van der Waals surface area contributed by atoms with Crippen LogP contribution in [0.15, 0.2) is 47.6 Å². The number of ether oxygens (including phenoxy) is 2. The van der Waals surface area contributed by atoms with Gasteiger partial charge in [0, 0.05) is 0 Å². The fourth-order valence-electron chi connectivity index (χ4n) is 1.94. The number of rotatable bonds is 6. The molecule has 0 aromatic heterocycles. The van der Waals surface area contributed by atoms with E-state index in [2.05, 4.69) is 10.5 Å². The molecule has 0 aliphatic carbocycles. The number of carbonyl (C=O) groups excluding carboxylic acids is 1. The Morgan fingerprint density at radius 3 is 2.83 bits per heavy atom. The second kappa shape index (κ2) is 7.98. The Kier molecular flexibility index (Phi) is 5.74. The van der Waals surface area contributed by atoms with Crippen molar-refractivity contribution in [2.24, 2.45) is 5.10 Å². The maximum atomic E-state index is 11.8. The van der Waals surface area contributed by atoms with E-state index in [1.54, 1.807) is 13.3 Å². The molecule has 0 atom stereocenters. The quantitative estimate of drug-likeness (QED) is 0.659. The highest BCUT2D eigenvalue weighted by Gasteiger charge is 2.04. The summed E-state index contributed by atoms with van der Waals surface area (Å²) in [6.45, 7) is 3.83. The maximum Gasteiger partial charge on any atom is 0.277 e. The molecular formula is C18H20N2O3. The lowest BCUT2D eigenvalue weighted by Crippen LogP contribution is -2.24. The largest absolute Gasteiger partial charge is 0.497 e. The molecule has 0 unspecified atom stereocenters. The average Bonchev–Trinajstić information content (AvgIpc) is 2.56. The molecule has 0 spiro atoms.